The normalized spacial score (nSPS) is 21.2. The molecule has 2 unspecified atom stereocenters. The van der Waals surface area contributed by atoms with E-state index in [1.807, 2.05) is 6.07 Å². The van der Waals surface area contributed by atoms with E-state index in [9.17, 15) is 13.2 Å². The zero-order valence-corrected chi connectivity index (χ0v) is 14.3. The fourth-order valence-electron chi connectivity index (χ4n) is 3.49. The van der Waals surface area contributed by atoms with E-state index in [1.165, 1.54) is 12.1 Å². The number of halogens is 3. The molecular weight excluding hydrogens is 341 g/mol. The molecule has 0 amide bonds. The molecule has 0 aliphatic carbocycles. The van der Waals surface area contributed by atoms with Crippen molar-refractivity contribution in [2.45, 2.75) is 37.9 Å². The summed E-state index contributed by atoms with van der Waals surface area (Å²) in [5.41, 5.74) is 2.34. The van der Waals surface area contributed by atoms with E-state index in [4.69, 9.17) is 0 Å². The van der Waals surface area contributed by atoms with Gasteiger partial charge in [0.15, 0.2) is 0 Å². The van der Waals surface area contributed by atoms with Crippen molar-refractivity contribution in [3.05, 3.63) is 47.9 Å². The first kappa shape index (κ1) is 17.0. The lowest BCUT2D eigenvalue weighted by Gasteiger charge is -2.26. The van der Waals surface area contributed by atoms with Gasteiger partial charge in [0.25, 0.3) is 0 Å². The number of nitrogens with zero attached hydrogens (tertiary/aromatic N) is 2. The van der Waals surface area contributed by atoms with Crippen LogP contribution in [-0.4, -0.2) is 27.5 Å². The first-order valence-electron chi connectivity index (χ1n) is 8.67. The van der Waals surface area contributed by atoms with E-state index >= 15 is 0 Å². The second kappa shape index (κ2) is 6.39. The van der Waals surface area contributed by atoms with Gasteiger partial charge in [0, 0.05) is 17.7 Å². The van der Waals surface area contributed by atoms with E-state index in [0.29, 0.717) is 17.5 Å². The fraction of sp³-hybridized carbons (Fsp3) is 0.368. The molecule has 136 valence electrons. The molecule has 3 heterocycles. The van der Waals surface area contributed by atoms with Gasteiger partial charge in [-0.05, 0) is 50.1 Å². The summed E-state index contributed by atoms with van der Waals surface area (Å²) < 4.78 is 38.1. The highest BCUT2D eigenvalue weighted by Crippen LogP contribution is 2.32. The largest absolute Gasteiger partial charge is 0.416 e. The zero-order chi connectivity index (χ0) is 18.3. The number of alkyl halides is 3. The van der Waals surface area contributed by atoms with Crippen LogP contribution in [-0.2, 0) is 6.18 Å². The number of fused-ring (bicyclic) bond motifs is 1. The van der Waals surface area contributed by atoms with Crippen molar-refractivity contribution < 1.29 is 13.2 Å². The monoisotopic (exact) mass is 360 g/mol. The van der Waals surface area contributed by atoms with Gasteiger partial charge < -0.3 is 10.3 Å². The average Bonchev–Trinajstić information content (AvgIpc) is 3.04. The average molecular weight is 360 g/mol. The van der Waals surface area contributed by atoms with Crippen LogP contribution < -0.4 is 5.32 Å². The van der Waals surface area contributed by atoms with Crippen molar-refractivity contribution in [1.29, 1.82) is 0 Å². The van der Waals surface area contributed by atoms with Crippen molar-refractivity contribution in [2.75, 3.05) is 6.54 Å². The topological polar surface area (TPSA) is 53.6 Å². The number of nitrogens with one attached hydrogen (secondary N) is 2. The number of piperidine rings is 1. The van der Waals surface area contributed by atoms with Crippen molar-refractivity contribution in [3.63, 3.8) is 0 Å². The van der Waals surface area contributed by atoms with Gasteiger partial charge in [-0.1, -0.05) is 12.1 Å². The summed E-state index contributed by atoms with van der Waals surface area (Å²) in [6.45, 7) is 3.11. The molecular formula is C19H19F3N4. The Morgan fingerprint density at radius 3 is 2.62 bits per heavy atom. The van der Waals surface area contributed by atoms with Crippen LogP contribution in [0.5, 0.6) is 0 Å². The van der Waals surface area contributed by atoms with Crippen LogP contribution in [0.15, 0.2) is 36.5 Å². The minimum atomic E-state index is -4.33. The van der Waals surface area contributed by atoms with Gasteiger partial charge in [0.2, 0.25) is 0 Å². The third-order valence-electron chi connectivity index (χ3n) is 4.90. The quantitative estimate of drug-likeness (QED) is 0.707. The molecule has 2 atom stereocenters. The summed E-state index contributed by atoms with van der Waals surface area (Å²) in [5.74, 6) is 1.17. The molecule has 2 aromatic heterocycles. The Hall–Kier alpha value is -2.41. The maximum atomic E-state index is 12.7. The smallest absolute Gasteiger partial charge is 0.352 e. The molecule has 0 saturated carbocycles. The van der Waals surface area contributed by atoms with Crippen LogP contribution in [0.4, 0.5) is 13.2 Å². The molecule has 0 spiro atoms. The van der Waals surface area contributed by atoms with Crippen molar-refractivity contribution in [3.8, 4) is 11.3 Å². The predicted octanol–water partition coefficient (Wildman–Crippen LogP) is 4.50. The molecule has 7 heteroatoms. The number of aromatic nitrogens is 3. The number of benzene rings is 1. The van der Waals surface area contributed by atoms with E-state index in [2.05, 4.69) is 27.2 Å². The van der Waals surface area contributed by atoms with Crippen LogP contribution >= 0.6 is 0 Å². The van der Waals surface area contributed by atoms with Crippen LogP contribution in [0.2, 0.25) is 0 Å². The van der Waals surface area contributed by atoms with E-state index in [0.717, 1.165) is 54.1 Å². The van der Waals surface area contributed by atoms with Gasteiger partial charge in [-0.25, -0.2) is 9.97 Å². The molecule has 0 radical (unpaired) electrons. The van der Waals surface area contributed by atoms with Gasteiger partial charge in [-0.15, -0.1) is 0 Å². The van der Waals surface area contributed by atoms with Crippen LogP contribution in [0.25, 0.3) is 22.3 Å². The number of hydrogen-bond acceptors (Lipinski definition) is 3. The maximum absolute atomic E-state index is 12.7. The molecule has 1 aliphatic heterocycles. The highest BCUT2D eigenvalue weighted by molar-refractivity contribution is 5.82. The number of rotatable bonds is 2. The summed E-state index contributed by atoms with van der Waals surface area (Å²) >= 11 is 0. The third-order valence-corrected chi connectivity index (χ3v) is 4.90. The highest BCUT2D eigenvalue weighted by Gasteiger charge is 2.30. The Labute approximate surface area is 148 Å². The molecule has 26 heavy (non-hydrogen) atoms. The van der Waals surface area contributed by atoms with Crippen LogP contribution in [0.1, 0.15) is 37.1 Å². The maximum Gasteiger partial charge on any atom is 0.416 e. The molecule has 3 aromatic rings. The van der Waals surface area contributed by atoms with E-state index in [1.54, 1.807) is 6.20 Å². The first-order valence-corrected chi connectivity index (χ1v) is 8.67. The molecule has 4 rings (SSSR count). The third kappa shape index (κ3) is 3.31. The lowest BCUT2D eigenvalue weighted by Crippen LogP contribution is -2.35. The summed E-state index contributed by atoms with van der Waals surface area (Å²) in [6, 6.07) is 7.44. The lowest BCUT2D eigenvalue weighted by atomic mass is 9.92. The number of H-pyrrole nitrogens is 1. The molecule has 1 aliphatic rings. The molecule has 2 N–H and O–H groups in total. The van der Waals surface area contributed by atoms with Crippen molar-refractivity contribution >= 4 is 11.0 Å². The first-order chi connectivity index (χ1) is 12.4. The summed E-state index contributed by atoms with van der Waals surface area (Å²) in [7, 11) is 0. The summed E-state index contributed by atoms with van der Waals surface area (Å²) in [5, 5.41) is 3.42. The van der Waals surface area contributed by atoms with Crippen molar-refractivity contribution in [1.82, 2.24) is 20.3 Å². The molecule has 1 aromatic carbocycles. The van der Waals surface area contributed by atoms with Crippen LogP contribution in [0.3, 0.4) is 0 Å². The summed E-state index contributed by atoms with van der Waals surface area (Å²) in [4.78, 5) is 12.4. The summed E-state index contributed by atoms with van der Waals surface area (Å²) in [6.07, 6.45) is -0.559. The van der Waals surface area contributed by atoms with Gasteiger partial charge >= 0.3 is 6.18 Å². The fourth-order valence-corrected chi connectivity index (χ4v) is 3.49. The predicted molar refractivity (Wildman–Crippen MR) is 93.8 cm³/mol. The Balaban J connectivity index is 1.63. The molecule has 1 fully saturated rings. The Kier molecular flexibility index (Phi) is 4.19. The van der Waals surface area contributed by atoms with E-state index in [-0.39, 0.29) is 0 Å². The Bertz CT molecular complexity index is 915. The van der Waals surface area contributed by atoms with Gasteiger partial charge in [-0.3, -0.25) is 0 Å². The Morgan fingerprint density at radius 2 is 1.92 bits per heavy atom. The minimum Gasteiger partial charge on any atom is -0.352 e. The van der Waals surface area contributed by atoms with Gasteiger partial charge in [-0.2, -0.15) is 13.2 Å². The highest BCUT2D eigenvalue weighted by atomic mass is 19.4. The standard InChI is InChI=1S/C19H19F3N4/c1-11-8-13(6-7-23-11)18-24-10-17-16(26-18)9-15(25-17)12-2-4-14(5-3-12)19(20,21)22/h2-5,9-11,13,23,25H,6-8H2,1H3. The minimum absolute atomic E-state index is 0.333. The Morgan fingerprint density at radius 1 is 1.15 bits per heavy atom. The molecule has 4 nitrogen and oxygen atoms in total. The van der Waals surface area contributed by atoms with Crippen LogP contribution in [0, 0.1) is 0 Å². The van der Waals surface area contributed by atoms with Crippen molar-refractivity contribution in [2.24, 2.45) is 0 Å². The SMILES string of the molecule is CC1CC(c2ncc3[nH]c(-c4ccc(C(F)(F)F)cc4)cc3n2)CCN1. The lowest BCUT2D eigenvalue weighted by molar-refractivity contribution is -0.137. The van der Waals surface area contributed by atoms with Gasteiger partial charge in [0.1, 0.15) is 5.82 Å². The van der Waals surface area contributed by atoms with Gasteiger partial charge in [0.05, 0.1) is 22.8 Å². The molecule has 1 saturated heterocycles. The molecule has 0 bridgehead atoms. The number of hydrogen-bond donors (Lipinski definition) is 2. The zero-order valence-electron chi connectivity index (χ0n) is 14.3. The second-order valence-electron chi connectivity index (χ2n) is 6.86. The second-order valence-corrected chi connectivity index (χ2v) is 6.86. The van der Waals surface area contributed by atoms with E-state index < -0.39 is 11.7 Å². The number of aromatic amines is 1.